The third-order valence-electron chi connectivity index (χ3n) is 2.87. The Morgan fingerprint density at radius 3 is 2.74 bits per heavy atom. The van der Waals surface area contributed by atoms with Crippen LogP contribution in [0.25, 0.3) is 0 Å². The second-order valence-electron chi connectivity index (χ2n) is 4.44. The van der Waals surface area contributed by atoms with Crippen LogP contribution in [0.3, 0.4) is 0 Å². The van der Waals surface area contributed by atoms with E-state index in [2.05, 4.69) is 15.3 Å². The van der Waals surface area contributed by atoms with Crippen molar-refractivity contribution in [2.45, 2.75) is 20.0 Å². The van der Waals surface area contributed by atoms with Gasteiger partial charge in [-0.3, -0.25) is 0 Å². The maximum atomic E-state index is 13.0. The van der Waals surface area contributed by atoms with Gasteiger partial charge < -0.3 is 10.4 Å². The molecule has 0 bridgehead atoms. The number of hydrogen-bond acceptors (Lipinski definition) is 4. The number of nitrogens with one attached hydrogen (secondary N) is 1. The van der Waals surface area contributed by atoms with E-state index in [1.165, 1.54) is 18.5 Å². The van der Waals surface area contributed by atoms with Gasteiger partial charge in [0, 0.05) is 18.3 Å². The Kier molecular flexibility index (Phi) is 4.06. The minimum Gasteiger partial charge on any atom is -0.387 e. The predicted molar refractivity (Wildman–Crippen MR) is 71.4 cm³/mol. The first-order valence-corrected chi connectivity index (χ1v) is 6.03. The summed E-state index contributed by atoms with van der Waals surface area (Å²) in [4.78, 5) is 8.04. The number of aromatic nitrogens is 2. The van der Waals surface area contributed by atoms with Crippen LogP contribution in [0, 0.1) is 19.7 Å². The molecule has 0 saturated heterocycles. The SMILES string of the molecule is Cc1cc(NCC(O)c2ccc(F)cc2C)ncn1. The lowest BCUT2D eigenvalue weighted by Gasteiger charge is -2.15. The molecule has 1 unspecified atom stereocenters. The summed E-state index contributed by atoms with van der Waals surface area (Å²) in [7, 11) is 0. The molecule has 2 aromatic rings. The van der Waals surface area contributed by atoms with Gasteiger partial charge >= 0.3 is 0 Å². The molecule has 0 aliphatic rings. The largest absolute Gasteiger partial charge is 0.387 e. The minimum absolute atomic E-state index is 0.298. The molecule has 4 nitrogen and oxygen atoms in total. The topological polar surface area (TPSA) is 58.0 Å². The zero-order valence-corrected chi connectivity index (χ0v) is 10.9. The number of nitrogens with zero attached hydrogens (tertiary/aromatic N) is 2. The zero-order chi connectivity index (χ0) is 13.8. The van der Waals surface area contributed by atoms with E-state index >= 15 is 0 Å². The highest BCUT2D eigenvalue weighted by Crippen LogP contribution is 2.19. The summed E-state index contributed by atoms with van der Waals surface area (Å²) < 4.78 is 13.0. The second-order valence-corrected chi connectivity index (χ2v) is 4.44. The van der Waals surface area contributed by atoms with Gasteiger partial charge in [0.2, 0.25) is 0 Å². The highest BCUT2D eigenvalue weighted by molar-refractivity contribution is 5.36. The smallest absolute Gasteiger partial charge is 0.129 e. The van der Waals surface area contributed by atoms with E-state index < -0.39 is 6.10 Å². The lowest BCUT2D eigenvalue weighted by molar-refractivity contribution is 0.190. The standard InChI is InChI=1S/C14H16FN3O/c1-9-5-11(15)3-4-12(9)13(19)7-16-14-6-10(2)17-8-18-14/h3-6,8,13,19H,7H2,1-2H3,(H,16,17,18). The molecule has 1 aromatic heterocycles. The fourth-order valence-electron chi connectivity index (χ4n) is 1.88. The highest BCUT2D eigenvalue weighted by Gasteiger charge is 2.11. The average molecular weight is 261 g/mol. The van der Waals surface area contributed by atoms with Crippen molar-refractivity contribution in [3.63, 3.8) is 0 Å². The van der Waals surface area contributed by atoms with E-state index in [0.717, 1.165) is 11.3 Å². The molecule has 100 valence electrons. The number of benzene rings is 1. The summed E-state index contributed by atoms with van der Waals surface area (Å²) >= 11 is 0. The summed E-state index contributed by atoms with van der Waals surface area (Å²) in [6.45, 7) is 3.95. The Morgan fingerprint density at radius 1 is 1.26 bits per heavy atom. The summed E-state index contributed by atoms with van der Waals surface area (Å²) in [6.07, 6.45) is 0.753. The van der Waals surface area contributed by atoms with Crippen molar-refractivity contribution in [3.8, 4) is 0 Å². The maximum Gasteiger partial charge on any atom is 0.129 e. The van der Waals surface area contributed by atoms with Gasteiger partial charge in [-0.25, -0.2) is 14.4 Å². The molecule has 0 aliphatic heterocycles. The van der Waals surface area contributed by atoms with Crippen LogP contribution >= 0.6 is 0 Å². The lowest BCUT2D eigenvalue weighted by Crippen LogP contribution is -2.14. The van der Waals surface area contributed by atoms with Crippen molar-refractivity contribution in [2.75, 3.05) is 11.9 Å². The molecule has 0 amide bonds. The molecule has 1 atom stereocenters. The third-order valence-corrected chi connectivity index (χ3v) is 2.87. The Hall–Kier alpha value is -2.01. The number of anilines is 1. The van der Waals surface area contributed by atoms with E-state index in [1.54, 1.807) is 19.1 Å². The van der Waals surface area contributed by atoms with Gasteiger partial charge in [0.1, 0.15) is 18.0 Å². The number of rotatable bonds is 4. The van der Waals surface area contributed by atoms with Crippen LogP contribution < -0.4 is 5.32 Å². The summed E-state index contributed by atoms with van der Waals surface area (Å²) in [5.74, 6) is 0.360. The molecule has 0 fully saturated rings. The molecule has 1 heterocycles. The number of halogens is 1. The first kappa shape index (κ1) is 13.4. The van der Waals surface area contributed by atoms with Crippen molar-refractivity contribution in [2.24, 2.45) is 0 Å². The monoisotopic (exact) mass is 261 g/mol. The Morgan fingerprint density at radius 2 is 2.05 bits per heavy atom. The highest BCUT2D eigenvalue weighted by atomic mass is 19.1. The molecule has 0 radical (unpaired) electrons. The minimum atomic E-state index is -0.712. The van der Waals surface area contributed by atoms with E-state index in [4.69, 9.17) is 0 Å². The normalized spacial score (nSPS) is 12.2. The molecule has 2 rings (SSSR count). The third kappa shape index (κ3) is 3.48. The summed E-state index contributed by atoms with van der Waals surface area (Å²) in [6, 6.07) is 6.15. The average Bonchev–Trinajstić information content (AvgIpc) is 2.36. The van der Waals surface area contributed by atoms with Crippen molar-refractivity contribution in [1.29, 1.82) is 0 Å². The van der Waals surface area contributed by atoms with Crippen LogP contribution in [0.1, 0.15) is 22.9 Å². The van der Waals surface area contributed by atoms with Gasteiger partial charge in [0.05, 0.1) is 6.10 Å². The molecule has 2 N–H and O–H groups in total. The van der Waals surface area contributed by atoms with Crippen LogP contribution in [0.2, 0.25) is 0 Å². The van der Waals surface area contributed by atoms with E-state index in [-0.39, 0.29) is 5.82 Å². The van der Waals surface area contributed by atoms with Crippen LogP contribution in [0.4, 0.5) is 10.2 Å². The lowest BCUT2D eigenvalue weighted by atomic mass is 10.0. The predicted octanol–water partition coefficient (Wildman–Crippen LogP) is 2.38. The zero-order valence-electron chi connectivity index (χ0n) is 10.9. The second kappa shape index (κ2) is 5.75. The number of hydrogen-bond donors (Lipinski definition) is 2. The van der Waals surface area contributed by atoms with Crippen molar-refractivity contribution >= 4 is 5.82 Å². The van der Waals surface area contributed by atoms with Gasteiger partial charge in [0.15, 0.2) is 0 Å². The number of aryl methyl sites for hydroxylation is 2. The molecule has 0 saturated carbocycles. The fourth-order valence-corrected chi connectivity index (χ4v) is 1.88. The number of aliphatic hydroxyl groups excluding tert-OH is 1. The van der Waals surface area contributed by atoms with E-state index in [9.17, 15) is 9.50 Å². The Balaban J connectivity index is 2.03. The molecule has 19 heavy (non-hydrogen) atoms. The summed E-state index contributed by atoms with van der Waals surface area (Å²) in [5.41, 5.74) is 2.29. The summed E-state index contributed by atoms with van der Waals surface area (Å²) in [5, 5.41) is 13.1. The maximum absolute atomic E-state index is 13.0. The Labute approximate surface area is 111 Å². The molecule has 0 spiro atoms. The van der Waals surface area contributed by atoms with Crippen molar-refractivity contribution in [1.82, 2.24) is 9.97 Å². The van der Waals surface area contributed by atoms with Crippen LogP contribution in [0.5, 0.6) is 0 Å². The first-order chi connectivity index (χ1) is 9.06. The molecule has 0 aliphatic carbocycles. The number of aliphatic hydroxyl groups is 1. The Bertz CT molecular complexity index is 574. The molecular weight excluding hydrogens is 245 g/mol. The van der Waals surface area contributed by atoms with Gasteiger partial charge in [-0.15, -0.1) is 0 Å². The van der Waals surface area contributed by atoms with Crippen molar-refractivity contribution < 1.29 is 9.50 Å². The van der Waals surface area contributed by atoms with Crippen LogP contribution in [-0.2, 0) is 0 Å². The van der Waals surface area contributed by atoms with Gasteiger partial charge in [0.25, 0.3) is 0 Å². The van der Waals surface area contributed by atoms with E-state index in [1.807, 2.05) is 6.92 Å². The van der Waals surface area contributed by atoms with Gasteiger partial charge in [-0.05, 0) is 37.1 Å². The van der Waals surface area contributed by atoms with E-state index in [0.29, 0.717) is 17.9 Å². The van der Waals surface area contributed by atoms with Crippen LogP contribution in [0.15, 0.2) is 30.6 Å². The van der Waals surface area contributed by atoms with Gasteiger partial charge in [-0.1, -0.05) is 6.07 Å². The molecule has 5 heteroatoms. The van der Waals surface area contributed by atoms with Crippen LogP contribution in [-0.4, -0.2) is 21.6 Å². The first-order valence-electron chi connectivity index (χ1n) is 6.03. The van der Waals surface area contributed by atoms with Crippen molar-refractivity contribution in [3.05, 3.63) is 53.2 Å². The molecular formula is C14H16FN3O. The van der Waals surface area contributed by atoms with Gasteiger partial charge in [-0.2, -0.15) is 0 Å². The molecule has 1 aromatic carbocycles. The fraction of sp³-hybridized carbons (Fsp3) is 0.286. The quantitative estimate of drug-likeness (QED) is 0.887.